The highest BCUT2D eigenvalue weighted by Crippen LogP contribution is 2.44. The molecule has 0 nitrogen and oxygen atoms in total. The molecule has 0 N–H and O–H groups in total. The summed E-state index contributed by atoms with van der Waals surface area (Å²) in [7, 11) is 0. The van der Waals surface area contributed by atoms with Gasteiger partial charge in [-0.2, -0.15) is 0 Å². The van der Waals surface area contributed by atoms with Crippen molar-refractivity contribution in [2.75, 3.05) is 0 Å². The quantitative estimate of drug-likeness (QED) is 0.489. The number of halogens is 2. The number of hydrogen-bond donors (Lipinski definition) is 0. The van der Waals surface area contributed by atoms with Crippen molar-refractivity contribution in [2.24, 2.45) is 11.8 Å². The van der Waals surface area contributed by atoms with Gasteiger partial charge in [-0.3, -0.25) is 0 Å². The van der Waals surface area contributed by atoms with E-state index in [1.807, 2.05) is 11.3 Å². The molecule has 0 amide bonds. The van der Waals surface area contributed by atoms with Crippen LogP contribution >= 0.6 is 38.9 Å². The summed E-state index contributed by atoms with van der Waals surface area (Å²) >= 11 is 12.2. The molecule has 0 radical (unpaired) electrons. The zero-order valence-corrected chi connectivity index (χ0v) is 15.1. The number of alkyl halides is 1. The smallest absolute Gasteiger partial charge is 0.0707 e. The van der Waals surface area contributed by atoms with Crippen LogP contribution in [0.2, 0.25) is 0 Å². The molecule has 1 aromatic heterocycles. The highest BCUT2D eigenvalue weighted by atomic mass is 79.9. The average Bonchev–Trinajstić information content (AvgIpc) is 2.76. The lowest BCUT2D eigenvalue weighted by molar-refractivity contribution is 0.255. The maximum Gasteiger partial charge on any atom is 0.0707 e. The topological polar surface area (TPSA) is 0 Å². The number of rotatable bonds is 5. The minimum atomic E-state index is 0.224. The molecule has 0 bridgehead atoms. The van der Waals surface area contributed by atoms with Gasteiger partial charge in [-0.05, 0) is 53.6 Å². The lowest BCUT2D eigenvalue weighted by Gasteiger charge is -2.31. The second-order valence-corrected chi connectivity index (χ2v) is 8.49. The SMILES string of the molecule is CCCCC1CCC(C(Cl)c2cc(Br)c(C)s2)CC1. The predicted octanol–water partition coefficient (Wildman–Crippen LogP) is 7.10. The van der Waals surface area contributed by atoms with E-state index in [1.54, 1.807) is 0 Å². The van der Waals surface area contributed by atoms with Gasteiger partial charge in [0, 0.05) is 14.2 Å². The Bertz CT molecular complexity index is 374. The number of hydrogen-bond acceptors (Lipinski definition) is 1. The van der Waals surface area contributed by atoms with E-state index in [9.17, 15) is 0 Å². The third-order valence-electron chi connectivity index (χ3n) is 4.42. The first-order valence-electron chi connectivity index (χ1n) is 7.51. The molecule has 1 unspecified atom stereocenters. The van der Waals surface area contributed by atoms with Gasteiger partial charge in [0.05, 0.1) is 5.38 Å². The largest absolute Gasteiger partial charge is 0.143 e. The maximum absolute atomic E-state index is 6.71. The van der Waals surface area contributed by atoms with Crippen molar-refractivity contribution >= 4 is 38.9 Å². The van der Waals surface area contributed by atoms with E-state index >= 15 is 0 Å². The van der Waals surface area contributed by atoms with Crippen LogP contribution in [0.25, 0.3) is 0 Å². The predicted molar refractivity (Wildman–Crippen MR) is 90.3 cm³/mol. The molecule has 0 spiro atoms. The van der Waals surface area contributed by atoms with E-state index in [-0.39, 0.29) is 5.38 Å². The number of unbranched alkanes of at least 4 members (excludes halogenated alkanes) is 1. The van der Waals surface area contributed by atoms with Gasteiger partial charge in [0.2, 0.25) is 0 Å². The molecule has 2 rings (SSSR count). The Kier molecular flexibility index (Phi) is 6.23. The zero-order chi connectivity index (χ0) is 13.8. The summed E-state index contributed by atoms with van der Waals surface area (Å²) in [4.78, 5) is 2.69. The van der Waals surface area contributed by atoms with Crippen LogP contribution in [0.3, 0.4) is 0 Å². The van der Waals surface area contributed by atoms with Crippen LogP contribution in [0.5, 0.6) is 0 Å². The second kappa shape index (κ2) is 7.47. The van der Waals surface area contributed by atoms with Gasteiger partial charge < -0.3 is 0 Å². The molecular weight excluding hydrogens is 340 g/mol. The molecule has 1 aliphatic carbocycles. The summed E-state index contributed by atoms with van der Waals surface area (Å²) in [5.74, 6) is 1.65. The number of aryl methyl sites for hydroxylation is 1. The van der Waals surface area contributed by atoms with E-state index in [1.165, 1.54) is 59.2 Å². The summed E-state index contributed by atoms with van der Waals surface area (Å²) in [5.41, 5.74) is 0. The van der Waals surface area contributed by atoms with Crippen molar-refractivity contribution in [2.45, 2.75) is 64.2 Å². The lowest BCUT2D eigenvalue weighted by Crippen LogP contribution is -2.17. The summed E-state index contributed by atoms with van der Waals surface area (Å²) in [6.07, 6.45) is 9.57. The molecule has 1 atom stereocenters. The molecule has 0 saturated heterocycles. The lowest BCUT2D eigenvalue weighted by atomic mass is 9.78. The van der Waals surface area contributed by atoms with Crippen molar-refractivity contribution in [3.8, 4) is 0 Å². The molecule has 3 heteroatoms. The molecule has 1 saturated carbocycles. The Labute approximate surface area is 135 Å². The summed E-state index contributed by atoms with van der Waals surface area (Å²) in [6, 6.07) is 2.22. The van der Waals surface area contributed by atoms with E-state index in [0.29, 0.717) is 5.92 Å². The standard InChI is InChI=1S/C16H24BrClS/c1-3-4-5-12-6-8-13(9-7-12)16(18)15-10-14(17)11(2)19-15/h10,12-13,16H,3-9H2,1-2H3. The van der Waals surface area contributed by atoms with Crippen molar-refractivity contribution in [1.82, 2.24) is 0 Å². The van der Waals surface area contributed by atoms with Crippen molar-refractivity contribution < 1.29 is 0 Å². The molecule has 19 heavy (non-hydrogen) atoms. The van der Waals surface area contributed by atoms with Crippen molar-refractivity contribution in [3.63, 3.8) is 0 Å². The van der Waals surface area contributed by atoms with E-state index in [2.05, 4.69) is 35.8 Å². The Balaban J connectivity index is 1.87. The molecule has 1 aromatic rings. The minimum absolute atomic E-state index is 0.224. The van der Waals surface area contributed by atoms with Gasteiger partial charge in [0.15, 0.2) is 0 Å². The molecule has 1 heterocycles. The second-order valence-electron chi connectivity index (χ2n) is 5.88. The molecular formula is C16H24BrClS. The molecule has 108 valence electrons. The Morgan fingerprint density at radius 1 is 1.37 bits per heavy atom. The van der Waals surface area contributed by atoms with Gasteiger partial charge in [0.1, 0.15) is 0 Å². The van der Waals surface area contributed by atoms with Crippen LogP contribution in [0.15, 0.2) is 10.5 Å². The van der Waals surface area contributed by atoms with Gasteiger partial charge in [-0.25, -0.2) is 0 Å². The van der Waals surface area contributed by atoms with Crippen LogP contribution in [-0.2, 0) is 0 Å². The van der Waals surface area contributed by atoms with Crippen LogP contribution in [0, 0.1) is 18.8 Å². The van der Waals surface area contributed by atoms with Crippen molar-refractivity contribution in [1.29, 1.82) is 0 Å². The van der Waals surface area contributed by atoms with Gasteiger partial charge in [-0.15, -0.1) is 22.9 Å². The Morgan fingerprint density at radius 3 is 2.58 bits per heavy atom. The molecule has 1 aliphatic rings. The minimum Gasteiger partial charge on any atom is -0.143 e. The van der Waals surface area contributed by atoms with Gasteiger partial charge in [-0.1, -0.05) is 39.0 Å². The maximum atomic E-state index is 6.71. The first-order valence-corrected chi connectivity index (χ1v) is 9.56. The van der Waals surface area contributed by atoms with Crippen LogP contribution in [0.4, 0.5) is 0 Å². The highest BCUT2D eigenvalue weighted by molar-refractivity contribution is 9.10. The molecule has 0 aliphatic heterocycles. The monoisotopic (exact) mass is 362 g/mol. The summed E-state index contributed by atoms with van der Waals surface area (Å²) in [6.45, 7) is 4.45. The van der Waals surface area contributed by atoms with Crippen LogP contribution in [-0.4, -0.2) is 0 Å². The van der Waals surface area contributed by atoms with Crippen LogP contribution < -0.4 is 0 Å². The first-order chi connectivity index (χ1) is 9.11. The van der Waals surface area contributed by atoms with Crippen molar-refractivity contribution in [3.05, 3.63) is 20.3 Å². The van der Waals surface area contributed by atoms with Gasteiger partial charge in [0.25, 0.3) is 0 Å². The molecule has 0 aromatic carbocycles. The molecule has 1 fully saturated rings. The summed E-state index contributed by atoms with van der Waals surface area (Å²) < 4.78 is 1.22. The zero-order valence-electron chi connectivity index (χ0n) is 11.9. The third kappa shape index (κ3) is 4.22. The summed E-state index contributed by atoms with van der Waals surface area (Å²) in [5, 5.41) is 0.224. The normalized spacial score (nSPS) is 25.5. The highest BCUT2D eigenvalue weighted by Gasteiger charge is 2.28. The van der Waals surface area contributed by atoms with E-state index in [0.717, 1.165) is 5.92 Å². The fourth-order valence-corrected chi connectivity index (χ4v) is 5.19. The average molecular weight is 364 g/mol. The van der Waals surface area contributed by atoms with Gasteiger partial charge >= 0.3 is 0 Å². The third-order valence-corrected chi connectivity index (χ3v) is 7.36. The number of thiophene rings is 1. The van der Waals surface area contributed by atoms with E-state index in [4.69, 9.17) is 11.6 Å². The Morgan fingerprint density at radius 2 is 2.05 bits per heavy atom. The fourth-order valence-electron chi connectivity index (χ4n) is 3.11. The Hall–Kier alpha value is 0.470. The van der Waals surface area contributed by atoms with Crippen LogP contribution in [0.1, 0.15) is 67.0 Å². The van der Waals surface area contributed by atoms with E-state index < -0.39 is 0 Å². The first kappa shape index (κ1) is 15.9. The fraction of sp³-hybridized carbons (Fsp3) is 0.750.